The Bertz CT molecular complexity index is 594. The summed E-state index contributed by atoms with van der Waals surface area (Å²) < 4.78 is 5.44. The summed E-state index contributed by atoms with van der Waals surface area (Å²) in [6, 6.07) is 13.3. The van der Waals surface area contributed by atoms with Crippen LogP contribution in [-0.4, -0.2) is 22.7 Å². The second-order valence-corrected chi connectivity index (χ2v) is 4.14. The van der Waals surface area contributed by atoms with Gasteiger partial charge in [0.2, 0.25) is 0 Å². The summed E-state index contributed by atoms with van der Waals surface area (Å²) in [5.74, 6) is -1.04. The van der Waals surface area contributed by atoms with E-state index >= 15 is 0 Å². The van der Waals surface area contributed by atoms with Crippen LogP contribution in [0.25, 0.3) is 6.08 Å². The first-order valence-corrected chi connectivity index (χ1v) is 6.24. The lowest BCUT2D eigenvalue weighted by molar-refractivity contribution is 0.0683. The van der Waals surface area contributed by atoms with Crippen molar-refractivity contribution in [3.8, 4) is 0 Å². The van der Waals surface area contributed by atoms with Crippen LogP contribution in [0.15, 0.2) is 54.7 Å². The molecule has 1 N–H and O–H groups in total. The van der Waals surface area contributed by atoms with Gasteiger partial charge in [0, 0.05) is 11.8 Å². The first kappa shape index (κ1) is 14.0. The standard InChI is InChI=1S/C16H15NO3/c18-16(19)15-14(9-4-10-17-15)12-20-11-5-8-13-6-2-1-3-7-13/h1-10H,11-12H2,(H,18,19). The number of hydrogen-bond donors (Lipinski definition) is 1. The molecule has 0 aliphatic heterocycles. The van der Waals surface area contributed by atoms with Gasteiger partial charge in [0.05, 0.1) is 13.2 Å². The lowest BCUT2D eigenvalue weighted by Gasteiger charge is -2.04. The van der Waals surface area contributed by atoms with Crippen LogP contribution in [0.4, 0.5) is 0 Å². The fourth-order valence-electron chi connectivity index (χ4n) is 1.73. The quantitative estimate of drug-likeness (QED) is 0.819. The summed E-state index contributed by atoms with van der Waals surface area (Å²) in [7, 11) is 0. The van der Waals surface area contributed by atoms with Gasteiger partial charge >= 0.3 is 5.97 Å². The van der Waals surface area contributed by atoms with E-state index in [4.69, 9.17) is 9.84 Å². The monoisotopic (exact) mass is 269 g/mol. The lowest BCUT2D eigenvalue weighted by atomic mass is 10.2. The van der Waals surface area contributed by atoms with E-state index in [0.717, 1.165) is 5.56 Å². The van der Waals surface area contributed by atoms with Crippen LogP contribution < -0.4 is 0 Å². The number of nitrogens with zero attached hydrogens (tertiary/aromatic N) is 1. The number of ether oxygens (including phenoxy) is 1. The highest BCUT2D eigenvalue weighted by Gasteiger charge is 2.10. The summed E-state index contributed by atoms with van der Waals surface area (Å²) in [6.07, 6.45) is 5.32. The zero-order valence-corrected chi connectivity index (χ0v) is 10.9. The molecule has 2 rings (SSSR count). The molecule has 0 spiro atoms. The highest BCUT2D eigenvalue weighted by molar-refractivity contribution is 5.86. The molecular formula is C16H15NO3. The van der Waals surface area contributed by atoms with Crippen molar-refractivity contribution in [2.45, 2.75) is 6.61 Å². The molecule has 0 unspecified atom stereocenters. The van der Waals surface area contributed by atoms with Gasteiger partial charge in [-0.1, -0.05) is 48.6 Å². The smallest absolute Gasteiger partial charge is 0.354 e. The maximum absolute atomic E-state index is 11.0. The highest BCUT2D eigenvalue weighted by atomic mass is 16.5. The van der Waals surface area contributed by atoms with Gasteiger partial charge in [0.25, 0.3) is 0 Å². The molecule has 0 aliphatic rings. The molecule has 4 heteroatoms. The number of pyridine rings is 1. The molecule has 20 heavy (non-hydrogen) atoms. The minimum Gasteiger partial charge on any atom is -0.477 e. The van der Waals surface area contributed by atoms with Crippen molar-refractivity contribution >= 4 is 12.0 Å². The third-order valence-corrected chi connectivity index (χ3v) is 2.68. The van der Waals surface area contributed by atoms with Gasteiger partial charge < -0.3 is 9.84 Å². The zero-order chi connectivity index (χ0) is 14.2. The van der Waals surface area contributed by atoms with Crippen LogP contribution >= 0.6 is 0 Å². The Kier molecular flexibility index (Phi) is 5.03. The molecule has 1 heterocycles. The number of aromatic carboxylic acids is 1. The largest absolute Gasteiger partial charge is 0.477 e. The Labute approximate surface area is 117 Å². The van der Waals surface area contributed by atoms with Gasteiger partial charge in [-0.05, 0) is 11.6 Å². The maximum Gasteiger partial charge on any atom is 0.354 e. The van der Waals surface area contributed by atoms with Gasteiger partial charge in [-0.25, -0.2) is 9.78 Å². The molecule has 0 saturated carbocycles. The minimum atomic E-state index is -1.04. The number of carboxylic acid groups (broad SMARTS) is 1. The van der Waals surface area contributed by atoms with Gasteiger partial charge in [0.1, 0.15) is 0 Å². The van der Waals surface area contributed by atoms with Crippen molar-refractivity contribution in [3.05, 3.63) is 71.6 Å². The predicted molar refractivity (Wildman–Crippen MR) is 76.3 cm³/mol. The van der Waals surface area contributed by atoms with Crippen LogP contribution in [0.3, 0.4) is 0 Å². The van der Waals surface area contributed by atoms with E-state index in [1.165, 1.54) is 6.20 Å². The van der Waals surface area contributed by atoms with Crippen molar-refractivity contribution in [2.24, 2.45) is 0 Å². The van der Waals surface area contributed by atoms with E-state index in [2.05, 4.69) is 4.98 Å². The fraction of sp³-hybridized carbons (Fsp3) is 0.125. The number of hydrogen-bond acceptors (Lipinski definition) is 3. The SMILES string of the molecule is O=C(O)c1ncccc1COCC=Cc1ccccc1. The van der Waals surface area contributed by atoms with Crippen LogP contribution in [0, 0.1) is 0 Å². The summed E-state index contributed by atoms with van der Waals surface area (Å²) in [6.45, 7) is 0.650. The average Bonchev–Trinajstić information content (AvgIpc) is 2.48. The zero-order valence-electron chi connectivity index (χ0n) is 10.9. The van der Waals surface area contributed by atoms with Crippen molar-refractivity contribution in [1.82, 2.24) is 4.98 Å². The Morgan fingerprint density at radius 2 is 2.00 bits per heavy atom. The second kappa shape index (κ2) is 7.21. The Balaban J connectivity index is 1.85. The lowest BCUT2D eigenvalue weighted by Crippen LogP contribution is -2.06. The Morgan fingerprint density at radius 1 is 1.20 bits per heavy atom. The molecule has 1 aromatic heterocycles. The second-order valence-electron chi connectivity index (χ2n) is 4.14. The highest BCUT2D eigenvalue weighted by Crippen LogP contribution is 2.07. The summed E-state index contributed by atoms with van der Waals surface area (Å²) >= 11 is 0. The van der Waals surface area contributed by atoms with Gasteiger partial charge in [-0.2, -0.15) is 0 Å². The average molecular weight is 269 g/mol. The van der Waals surface area contributed by atoms with E-state index in [-0.39, 0.29) is 12.3 Å². The molecule has 0 amide bonds. The topological polar surface area (TPSA) is 59.4 Å². The summed E-state index contributed by atoms with van der Waals surface area (Å²) in [4.78, 5) is 14.8. The normalized spacial score (nSPS) is 10.8. The van der Waals surface area contributed by atoms with Crippen LogP contribution in [0.5, 0.6) is 0 Å². The van der Waals surface area contributed by atoms with E-state index in [0.29, 0.717) is 12.2 Å². The van der Waals surface area contributed by atoms with Crippen LogP contribution in [0.1, 0.15) is 21.6 Å². The number of carbonyl (C=O) groups is 1. The first-order valence-electron chi connectivity index (χ1n) is 6.24. The van der Waals surface area contributed by atoms with Crippen molar-refractivity contribution in [2.75, 3.05) is 6.61 Å². The predicted octanol–water partition coefficient (Wildman–Crippen LogP) is 3.01. The molecule has 0 saturated heterocycles. The van der Waals surface area contributed by atoms with Gasteiger partial charge in [-0.15, -0.1) is 0 Å². The molecule has 4 nitrogen and oxygen atoms in total. The third kappa shape index (κ3) is 4.03. The molecule has 102 valence electrons. The molecule has 2 aromatic rings. The van der Waals surface area contributed by atoms with E-state index in [9.17, 15) is 4.79 Å². The summed E-state index contributed by atoms with van der Waals surface area (Å²) in [5.41, 5.74) is 1.72. The summed E-state index contributed by atoms with van der Waals surface area (Å²) in [5, 5.41) is 8.98. The molecule has 0 radical (unpaired) electrons. The molecule has 1 aromatic carbocycles. The van der Waals surface area contributed by atoms with E-state index < -0.39 is 5.97 Å². The number of carboxylic acids is 1. The molecule has 0 fully saturated rings. The molecule has 0 bridgehead atoms. The van der Waals surface area contributed by atoms with Crippen LogP contribution in [0.2, 0.25) is 0 Å². The molecule has 0 aliphatic carbocycles. The fourth-order valence-corrected chi connectivity index (χ4v) is 1.73. The van der Waals surface area contributed by atoms with E-state index in [1.807, 2.05) is 42.5 Å². The Hall–Kier alpha value is -2.46. The number of aromatic nitrogens is 1. The molecular weight excluding hydrogens is 254 g/mol. The maximum atomic E-state index is 11.0. The van der Waals surface area contributed by atoms with Gasteiger partial charge in [-0.3, -0.25) is 0 Å². The van der Waals surface area contributed by atoms with Gasteiger partial charge in [0.15, 0.2) is 5.69 Å². The third-order valence-electron chi connectivity index (χ3n) is 2.68. The number of benzene rings is 1. The Morgan fingerprint density at radius 3 is 2.75 bits per heavy atom. The van der Waals surface area contributed by atoms with Crippen molar-refractivity contribution in [1.29, 1.82) is 0 Å². The van der Waals surface area contributed by atoms with Crippen LogP contribution in [-0.2, 0) is 11.3 Å². The number of rotatable bonds is 6. The van der Waals surface area contributed by atoms with Crippen molar-refractivity contribution in [3.63, 3.8) is 0 Å². The first-order chi connectivity index (χ1) is 9.77. The minimum absolute atomic E-state index is 0.0412. The van der Waals surface area contributed by atoms with E-state index in [1.54, 1.807) is 12.1 Å². The van der Waals surface area contributed by atoms with Crippen molar-refractivity contribution < 1.29 is 14.6 Å². The molecule has 0 atom stereocenters.